The lowest BCUT2D eigenvalue weighted by atomic mass is 10.1. The Hall–Kier alpha value is -1.35. The van der Waals surface area contributed by atoms with Crippen LogP contribution in [0.2, 0.25) is 0 Å². The number of ether oxygens (including phenoxy) is 1. The summed E-state index contributed by atoms with van der Waals surface area (Å²) in [5, 5.41) is 0. The van der Waals surface area contributed by atoms with E-state index < -0.39 is 0 Å². The minimum Gasteiger partial charge on any atom is -0.468 e. The predicted octanol–water partition coefficient (Wildman–Crippen LogP) is 2.38. The molecule has 1 aromatic rings. The van der Waals surface area contributed by atoms with Crippen LogP contribution in [-0.2, 0) is 16.1 Å². The van der Waals surface area contributed by atoms with E-state index in [9.17, 15) is 4.79 Å². The minimum absolute atomic E-state index is 0.175. The highest BCUT2D eigenvalue weighted by molar-refractivity contribution is 5.71. The molecule has 1 aromatic carbocycles. The van der Waals surface area contributed by atoms with Crippen LogP contribution in [-0.4, -0.2) is 31.1 Å². The fourth-order valence-corrected chi connectivity index (χ4v) is 1.85. The topological polar surface area (TPSA) is 29.5 Å². The van der Waals surface area contributed by atoms with Gasteiger partial charge in [-0.2, -0.15) is 0 Å². The molecule has 0 N–H and O–H groups in total. The third kappa shape index (κ3) is 5.00. The average molecular weight is 235 g/mol. The largest absolute Gasteiger partial charge is 0.468 e. The van der Waals surface area contributed by atoms with Crippen LogP contribution >= 0.6 is 0 Å². The number of rotatable bonds is 6. The number of esters is 1. The molecule has 3 heteroatoms. The van der Waals surface area contributed by atoms with Gasteiger partial charge in [-0.05, 0) is 25.5 Å². The average Bonchev–Trinajstić information content (AvgIpc) is 2.29. The molecule has 0 aliphatic rings. The second-order valence-corrected chi connectivity index (χ2v) is 4.28. The van der Waals surface area contributed by atoms with E-state index in [1.165, 1.54) is 18.2 Å². The molecule has 17 heavy (non-hydrogen) atoms. The Labute approximate surface area is 103 Å². The Morgan fingerprint density at radius 1 is 1.41 bits per heavy atom. The molecule has 0 saturated carbocycles. The second kappa shape index (κ2) is 7.07. The molecule has 1 rings (SSSR count). The Morgan fingerprint density at radius 3 is 2.76 bits per heavy atom. The first-order chi connectivity index (χ1) is 8.15. The Morgan fingerprint density at radius 2 is 2.18 bits per heavy atom. The van der Waals surface area contributed by atoms with Gasteiger partial charge in [-0.3, -0.25) is 9.69 Å². The summed E-state index contributed by atoms with van der Waals surface area (Å²) < 4.78 is 4.71. The minimum atomic E-state index is -0.175. The zero-order valence-electron chi connectivity index (χ0n) is 10.9. The van der Waals surface area contributed by atoms with Gasteiger partial charge in [-0.25, -0.2) is 0 Å². The van der Waals surface area contributed by atoms with Gasteiger partial charge in [0, 0.05) is 6.54 Å². The first-order valence-corrected chi connectivity index (χ1v) is 6.00. The van der Waals surface area contributed by atoms with Crippen molar-refractivity contribution in [3.63, 3.8) is 0 Å². The van der Waals surface area contributed by atoms with Gasteiger partial charge in [0.25, 0.3) is 0 Å². The highest BCUT2D eigenvalue weighted by atomic mass is 16.5. The first-order valence-electron chi connectivity index (χ1n) is 6.00. The third-order valence-electron chi connectivity index (χ3n) is 2.61. The summed E-state index contributed by atoms with van der Waals surface area (Å²) in [6.45, 7) is 6.25. The number of hydrogen-bond acceptors (Lipinski definition) is 3. The Bertz CT molecular complexity index is 363. The van der Waals surface area contributed by atoms with Crippen molar-refractivity contribution in [1.82, 2.24) is 4.90 Å². The van der Waals surface area contributed by atoms with E-state index in [0.717, 1.165) is 19.5 Å². The van der Waals surface area contributed by atoms with Gasteiger partial charge >= 0.3 is 5.97 Å². The van der Waals surface area contributed by atoms with Crippen LogP contribution in [0.3, 0.4) is 0 Å². The summed E-state index contributed by atoms with van der Waals surface area (Å²) in [5.74, 6) is -0.175. The van der Waals surface area contributed by atoms with E-state index >= 15 is 0 Å². The number of nitrogens with zero attached hydrogens (tertiary/aromatic N) is 1. The summed E-state index contributed by atoms with van der Waals surface area (Å²) in [6, 6.07) is 8.37. The summed E-state index contributed by atoms with van der Waals surface area (Å²) in [5.41, 5.74) is 2.49. The van der Waals surface area contributed by atoms with Gasteiger partial charge in [-0.1, -0.05) is 36.8 Å². The van der Waals surface area contributed by atoms with E-state index in [1.54, 1.807) is 0 Å². The van der Waals surface area contributed by atoms with Gasteiger partial charge in [0.2, 0.25) is 0 Å². The molecule has 0 aliphatic heterocycles. The van der Waals surface area contributed by atoms with E-state index in [-0.39, 0.29) is 5.97 Å². The summed E-state index contributed by atoms with van der Waals surface area (Å²) >= 11 is 0. The van der Waals surface area contributed by atoms with E-state index in [1.807, 2.05) is 6.07 Å². The fourth-order valence-electron chi connectivity index (χ4n) is 1.85. The van der Waals surface area contributed by atoms with E-state index in [0.29, 0.717) is 6.54 Å². The number of carbonyl (C=O) groups is 1. The molecule has 0 aliphatic carbocycles. The summed E-state index contributed by atoms with van der Waals surface area (Å²) in [6.07, 6.45) is 1.03. The van der Waals surface area contributed by atoms with Gasteiger partial charge in [0.15, 0.2) is 0 Å². The molecule has 0 radical (unpaired) electrons. The Balaban J connectivity index is 2.62. The predicted molar refractivity (Wildman–Crippen MR) is 68.8 cm³/mol. The van der Waals surface area contributed by atoms with Crippen molar-refractivity contribution < 1.29 is 9.53 Å². The van der Waals surface area contributed by atoms with Crippen LogP contribution in [0.25, 0.3) is 0 Å². The van der Waals surface area contributed by atoms with Gasteiger partial charge in [0.05, 0.1) is 13.7 Å². The fraction of sp³-hybridized carbons (Fsp3) is 0.500. The van der Waals surface area contributed by atoms with Crippen LogP contribution in [0, 0.1) is 6.92 Å². The quantitative estimate of drug-likeness (QED) is 0.709. The zero-order chi connectivity index (χ0) is 12.7. The SMILES string of the molecule is CCCN(CC(=O)OC)Cc1cccc(C)c1. The molecule has 0 saturated heterocycles. The van der Waals surface area contributed by atoms with Gasteiger partial charge in [0.1, 0.15) is 0 Å². The highest BCUT2D eigenvalue weighted by Gasteiger charge is 2.10. The van der Waals surface area contributed by atoms with E-state index in [2.05, 4.69) is 36.9 Å². The molecule has 0 spiro atoms. The lowest BCUT2D eigenvalue weighted by Crippen LogP contribution is -2.30. The highest BCUT2D eigenvalue weighted by Crippen LogP contribution is 2.08. The molecule has 0 unspecified atom stereocenters. The van der Waals surface area contributed by atoms with Crippen LogP contribution < -0.4 is 0 Å². The lowest BCUT2D eigenvalue weighted by Gasteiger charge is -2.20. The second-order valence-electron chi connectivity index (χ2n) is 4.28. The van der Waals surface area contributed by atoms with Gasteiger partial charge < -0.3 is 4.74 Å². The normalized spacial score (nSPS) is 10.6. The molecular formula is C14H21NO2. The number of hydrogen-bond donors (Lipinski definition) is 0. The maximum absolute atomic E-state index is 11.3. The van der Waals surface area contributed by atoms with Crippen molar-refractivity contribution in [2.75, 3.05) is 20.2 Å². The third-order valence-corrected chi connectivity index (χ3v) is 2.61. The van der Waals surface area contributed by atoms with Crippen LogP contribution in [0.1, 0.15) is 24.5 Å². The number of benzene rings is 1. The van der Waals surface area contributed by atoms with Crippen molar-refractivity contribution in [3.05, 3.63) is 35.4 Å². The molecular weight excluding hydrogens is 214 g/mol. The molecule has 3 nitrogen and oxygen atoms in total. The monoisotopic (exact) mass is 235 g/mol. The molecule has 0 fully saturated rings. The zero-order valence-corrected chi connectivity index (χ0v) is 10.9. The van der Waals surface area contributed by atoms with Crippen molar-refractivity contribution in [2.24, 2.45) is 0 Å². The lowest BCUT2D eigenvalue weighted by molar-refractivity contribution is -0.142. The molecule has 0 atom stereocenters. The Kier molecular flexibility index (Phi) is 5.70. The van der Waals surface area contributed by atoms with Crippen molar-refractivity contribution in [1.29, 1.82) is 0 Å². The van der Waals surface area contributed by atoms with Crippen LogP contribution in [0.5, 0.6) is 0 Å². The number of carbonyl (C=O) groups excluding carboxylic acids is 1. The van der Waals surface area contributed by atoms with Crippen molar-refractivity contribution in [3.8, 4) is 0 Å². The van der Waals surface area contributed by atoms with Crippen LogP contribution in [0.15, 0.2) is 24.3 Å². The number of aryl methyl sites for hydroxylation is 1. The first kappa shape index (κ1) is 13.7. The molecule has 0 bridgehead atoms. The molecule has 0 amide bonds. The summed E-state index contributed by atoms with van der Waals surface area (Å²) in [7, 11) is 1.43. The maximum atomic E-state index is 11.3. The standard InChI is InChI=1S/C14H21NO2/c1-4-8-15(11-14(16)17-3)10-13-7-5-6-12(2)9-13/h5-7,9H,4,8,10-11H2,1-3H3. The van der Waals surface area contributed by atoms with Crippen LogP contribution in [0.4, 0.5) is 0 Å². The maximum Gasteiger partial charge on any atom is 0.319 e. The smallest absolute Gasteiger partial charge is 0.319 e. The molecule has 94 valence electrons. The number of methoxy groups -OCH3 is 1. The van der Waals surface area contributed by atoms with E-state index in [4.69, 9.17) is 4.74 Å². The van der Waals surface area contributed by atoms with Gasteiger partial charge in [-0.15, -0.1) is 0 Å². The molecule has 0 heterocycles. The van der Waals surface area contributed by atoms with Crippen molar-refractivity contribution >= 4 is 5.97 Å². The van der Waals surface area contributed by atoms with Crippen molar-refractivity contribution in [2.45, 2.75) is 26.8 Å². The summed E-state index contributed by atoms with van der Waals surface area (Å²) in [4.78, 5) is 13.4. The molecule has 0 aromatic heterocycles.